The van der Waals surface area contributed by atoms with Gasteiger partial charge in [-0.2, -0.15) is 0 Å². The first-order valence-electron chi connectivity index (χ1n) is 11.4. The van der Waals surface area contributed by atoms with Gasteiger partial charge in [-0.25, -0.2) is 4.79 Å². The van der Waals surface area contributed by atoms with Crippen molar-refractivity contribution in [1.29, 1.82) is 0 Å². The minimum Gasteiger partial charge on any atom is -0.481 e. The first-order chi connectivity index (χ1) is 15.8. The van der Waals surface area contributed by atoms with Gasteiger partial charge < -0.3 is 20.5 Å². The molecule has 2 amide bonds. The summed E-state index contributed by atoms with van der Waals surface area (Å²) in [5.41, 5.74) is 2.46. The number of fused-ring (bicyclic) bond motifs is 3. The van der Waals surface area contributed by atoms with Gasteiger partial charge in [-0.05, 0) is 48.4 Å². The quantitative estimate of drug-likeness (QED) is 0.534. The number of carbonyl (C=O) groups is 3. The number of amides is 2. The Bertz CT molecular complexity index is 1030. The number of nitrogens with one attached hydrogen (secondary N) is 2. The zero-order valence-electron chi connectivity index (χ0n) is 19.0. The van der Waals surface area contributed by atoms with Gasteiger partial charge in [0.2, 0.25) is 5.91 Å². The lowest BCUT2D eigenvalue weighted by molar-refractivity contribution is -0.143. The Hall–Kier alpha value is -3.35. The maximum absolute atomic E-state index is 12.9. The number of carboxylic acid groups (broad SMARTS) is 1. The molecular weight excluding hydrogens is 420 g/mol. The van der Waals surface area contributed by atoms with E-state index in [-0.39, 0.29) is 19.1 Å². The van der Waals surface area contributed by atoms with E-state index in [1.165, 1.54) is 0 Å². The average molecular weight is 451 g/mol. The molecule has 0 spiro atoms. The second-order valence-corrected chi connectivity index (χ2v) is 9.30. The zero-order chi connectivity index (χ0) is 23.6. The first kappa shape index (κ1) is 22.8. The molecule has 2 aromatic rings. The summed E-state index contributed by atoms with van der Waals surface area (Å²) in [4.78, 5) is 37.0. The van der Waals surface area contributed by atoms with Crippen molar-refractivity contribution < 1.29 is 24.2 Å². The van der Waals surface area contributed by atoms with E-state index < -0.39 is 28.9 Å². The lowest BCUT2D eigenvalue weighted by atomic mass is 9.94. The molecule has 2 aromatic carbocycles. The molecule has 1 fully saturated rings. The predicted octanol–water partition coefficient (Wildman–Crippen LogP) is 4.06. The fourth-order valence-electron chi connectivity index (χ4n) is 4.65. The van der Waals surface area contributed by atoms with Crippen molar-refractivity contribution in [1.82, 2.24) is 10.6 Å². The number of hydrogen-bond donors (Lipinski definition) is 3. The van der Waals surface area contributed by atoms with Crippen LogP contribution in [0.25, 0.3) is 11.1 Å². The van der Waals surface area contributed by atoms with Gasteiger partial charge in [-0.1, -0.05) is 61.9 Å². The van der Waals surface area contributed by atoms with E-state index in [0.717, 1.165) is 22.3 Å². The highest BCUT2D eigenvalue weighted by Crippen LogP contribution is 2.45. The Kier molecular flexibility index (Phi) is 6.15. The summed E-state index contributed by atoms with van der Waals surface area (Å²) < 4.78 is 5.60. The van der Waals surface area contributed by atoms with Crippen molar-refractivity contribution in [2.45, 2.75) is 51.0 Å². The second kappa shape index (κ2) is 8.89. The van der Waals surface area contributed by atoms with Crippen molar-refractivity contribution in [3.8, 4) is 11.1 Å². The highest BCUT2D eigenvalue weighted by atomic mass is 16.5. The molecule has 1 saturated carbocycles. The Balaban J connectivity index is 1.40. The lowest BCUT2D eigenvalue weighted by Crippen LogP contribution is -2.57. The molecule has 4 rings (SSSR count). The van der Waals surface area contributed by atoms with Gasteiger partial charge in [-0.3, -0.25) is 9.59 Å². The molecule has 7 nitrogen and oxygen atoms in total. The molecule has 0 aliphatic heterocycles. The van der Waals surface area contributed by atoms with Crippen LogP contribution in [0.3, 0.4) is 0 Å². The van der Waals surface area contributed by atoms with E-state index in [1.54, 1.807) is 6.92 Å². The predicted molar refractivity (Wildman–Crippen MR) is 124 cm³/mol. The molecule has 0 aromatic heterocycles. The van der Waals surface area contributed by atoms with Crippen LogP contribution in [0.5, 0.6) is 0 Å². The topological polar surface area (TPSA) is 105 Å². The number of benzene rings is 2. The van der Waals surface area contributed by atoms with E-state index in [0.29, 0.717) is 25.7 Å². The number of carboxylic acids is 1. The number of rotatable bonds is 9. The monoisotopic (exact) mass is 450 g/mol. The summed E-state index contributed by atoms with van der Waals surface area (Å²) >= 11 is 0. The highest BCUT2D eigenvalue weighted by molar-refractivity contribution is 5.90. The summed E-state index contributed by atoms with van der Waals surface area (Å²) in [7, 11) is 0. The molecular formula is C26H30N2O5. The molecule has 1 unspecified atom stereocenters. The minimum absolute atomic E-state index is 0.0623. The van der Waals surface area contributed by atoms with Crippen molar-refractivity contribution in [2.24, 2.45) is 5.41 Å². The van der Waals surface area contributed by atoms with E-state index in [9.17, 15) is 19.5 Å². The number of aliphatic carboxylic acids is 1. The zero-order valence-corrected chi connectivity index (χ0v) is 19.0. The fourth-order valence-corrected chi connectivity index (χ4v) is 4.65. The molecule has 1 atom stereocenters. The summed E-state index contributed by atoms with van der Waals surface area (Å²) in [6.45, 7) is 3.79. The Labute approximate surface area is 193 Å². The molecule has 0 saturated heterocycles. The number of hydrogen-bond acceptors (Lipinski definition) is 4. The normalized spacial score (nSPS) is 17.3. The van der Waals surface area contributed by atoms with Gasteiger partial charge >= 0.3 is 12.1 Å². The minimum atomic E-state index is -1.19. The lowest BCUT2D eigenvalue weighted by Gasteiger charge is -2.29. The van der Waals surface area contributed by atoms with Crippen LogP contribution in [-0.2, 0) is 14.3 Å². The van der Waals surface area contributed by atoms with Gasteiger partial charge in [0.1, 0.15) is 12.1 Å². The maximum Gasteiger partial charge on any atom is 0.408 e. The highest BCUT2D eigenvalue weighted by Gasteiger charge is 2.51. The third-order valence-electron chi connectivity index (χ3n) is 6.87. The van der Waals surface area contributed by atoms with Crippen LogP contribution in [0.15, 0.2) is 48.5 Å². The number of ether oxygens (including phenoxy) is 1. The molecule has 7 heteroatoms. The molecule has 3 N–H and O–H groups in total. The molecule has 33 heavy (non-hydrogen) atoms. The third kappa shape index (κ3) is 4.45. The first-order valence-corrected chi connectivity index (χ1v) is 11.4. The summed E-state index contributed by atoms with van der Waals surface area (Å²) in [6, 6.07) is 16.2. The van der Waals surface area contributed by atoms with Crippen molar-refractivity contribution in [3.63, 3.8) is 0 Å². The van der Waals surface area contributed by atoms with Crippen molar-refractivity contribution in [2.75, 3.05) is 13.2 Å². The number of alkyl carbamates (subject to hydrolysis) is 1. The smallest absolute Gasteiger partial charge is 0.408 e. The van der Waals surface area contributed by atoms with Crippen LogP contribution in [0.2, 0.25) is 0 Å². The largest absolute Gasteiger partial charge is 0.481 e. The maximum atomic E-state index is 12.9. The SMILES string of the molecule is CCCC(C)(NC(=O)OCC1c2ccccc2-c2ccccc21)C(=O)NCC1(C(=O)O)CC1. The van der Waals surface area contributed by atoms with Gasteiger partial charge in [0.05, 0.1) is 5.41 Å². The number of carbonyl (C=O) groups excluding carboxylic acids is 2. The van der Waals surface area contributed by atoms with Gasteiger partial charge in [0, 0.05) is 12.5 Å². The van der Waals surface area contributed by atoms with Crippen LogP contribution in [-0.4, -0.2) is 41.8 Å². The van der Waals surface area contributed by atoms with E-state index in [4.69, 9.17) is 4.74 Å². The fraction of sp³-hybridized carbons (Fsp3) is 0.423. The molecule has 0 bridgehead atoms. The van der Waals surface area contributed by atoms with Crippen molar-refractivity contribution in [3.05, 3.63) is 59.7 Å². The van der Waals surface area contributed by atoms with Gasteiger partial charge in [-0.15, -0.1) is 0 Å². The van der Waals surface area contributed by atoms with E-state index >= 15 is 0 Å². The Morgan fingerprint density at radius 2 is 1.64 bits per heavy atom. The van der Waals surface area contributed by atoms with Crippen LogP contribution in [0.4, 0.5) is 4.79 Å². The van der Waals surface area contributed by atoms with E-state index in [1.807, 2.05) is 43.3 Å². The standard InChI is InChI=1S/C26H30N2O5/c1-3-12-25(2,22(29)27-16-26(13-14-26)23(30)31)28-24(32)33-15-21-19-10-6-4-8-17(19)18-9-5-7-11-20(18)21/h4-11,21H,3,12-16H2,1-2H3,(H,27,29)(H,28,32)(H,30,31). The van der Waals surface area contributed by atoms with Crippen LogP contribution >= 0.6 is 0 Å². The summed E-state index contributed by atoms with van der Waals surface area (Å²) in [5, 5.41) is 14.8. The third-order valence-corrected chi connectivity index (χ3v) is 6.87. The Morgan fingerprint density at radius 3 is 2.15 bits per heavy atom. The summed E-state index contributed by atoms with van der Waals surface area (Å²) in [6.07, 6.45) is 1.50. The van der Waals surface area contributed by atoms with Gasteiger partial charge in [0.25, 0.3) is 0 Å². The molecule has 174 valence electrons. The van der Waals surface area contributed by atoms with Crippen molar-refractivity contribution >= 4 is 18.0 Å². The second-order valence-electron chi connectivity index (χ2n) is 9.30. The van der Waals surface area contributed by atoms with E-state index in [2.05, 4.69) is 22.8 Å². The molecule has 2 aliphatic rings. The molecule has 0 radical (unpaired) electrons. The van der Waals surface area contributed by atoms with Crippen LogP contribution < -0.4 is 10.6 Å². The Morgan fingerprint density at radius 1 is 1.06 bits per heavy atom. The van der Waals surface area contributed by atoms with Gasteiger partial charge in [0.15, 0.2) is 0 Å². The summed E-state index contributed by atoms with van der Waals surface area (Å²) in [5.74, 6) is -1.37. The molecule has 2 aliphatic carbocycles. The van der Waals surface area contributed by atoms with Crippen LogP contribution in [0, 0.1) is 5.41 Å². The average Bonchev–Trinajstić information content (AvgIpc) is 3.53. The molecule has 0 heterocycles. The van der Waals surface area contributed by atoms with Crippen LogP contribution in [0.1, 0.15) is 56.6 Å².